The number of imide groups is 1. The van der Waals surface area contributed by atoms with Crippen LogP contribution >= 0.6 is 11.3 Å². The summed E-state index contributed by atoms with van der Waals surface area (Å²) in [5.74, 6) is 5.76. The Morgan fingerprint density at radius 3 is 2.58 bits per heavy atom. The maximum atomic E-state index is 13.6. The standard InChI is InChI=1S/C27H33N3O2S/c1-3-4-16-30-25(31)27(28-26(30)32,15-8-11-22-9-6-5-7-10-22)23-12-17-29(18-13-23)20-24-21(2)14-19-33-24/h5-7,9-10,14,19,23H,8,11-13,15-18,20H2,1-2H3,(H,28,32). The SMILES string of the molecule is CC#CCN1C(=O)NC(CCCc2ccccc2)(C2CCN(Cc3sccc3C)CC2)C1=O. The Bertz CT molecular complexity index is 1030. The lowest BCUT2D eigenvalue weighted by Gasteiger charge is -2.41. The van der Waals surface area contributed by atoms with E-state index in [4.69, 9.17) is 0 Å². The van der Waals surface area contributed by atoms with E-state index in [2.05, 4.69) is 52.6 Å². The van der Waals surface area contributed by atoms with Crippen LogP contribution in [0.15, 0.2) is 41.8 Å². The zero-order valence-electron chi connectivity index (χ0n) is 19.6. The van der Waals surface area contributed by atoms with Crippen molar-refractivity contribution in [1.82, 2.24) is 15.1 Å². The number of carbonyl (C=O) groups excluding carboxylic acids is 2. The van der Waals surface area contributed by atoms with E-state index < -0.39 is 5.54 Å². The Labute approximate surface area is 201 Å². The first-order valence-corrected chi connectivity index (χ1v) is 12.7. The number of hydrogen-bond donors (Lipinski definition) is 1. The number of thiophene rings is 1. The molecule has 5 nitrogen and oxygen atoms in total. The van der Waals surface area contributed by atoms with E-state index in [9.17, 15) is 9.59 Å². The second-order valence-corrected chi connectivity index (χ2v) is 10.1. The highest BCUT2D eigenvalue weighted by molar-refractivity contribution is 7.10. The Morgan fingerprint density at radius 2 is 1.91 bits per heavy atom. The van der Waals surface area contributed by atoms with Crippen LogP contribution in [-0.2, 0) is 17.8 Å². The predicted octanol–water partition coefficient (Wildman–Crippen LogP) is 4.61. The number of hydrogen-bond acceptors (Lipinski definition) is 4. The van der Waals surface area contributed by atoms with Gasteiger partial charge in [0.25, 0.3) is 5.91 Å². The maximum absolute atomic E-state index is 13.6. The molecule has 1 aromatic carbocycles. The lowest BCUT2D eigenvalue weighted by Crippen LogP contribution is -2.56. The van der Waals surface area contributed by atoms with Gasteiger partial charge in [-0.15, -0.1) is 17.3 Å². The molecule has 0 saturated carbocycles. The van der Waals surface area contributed by atoms with Crippen molar-refractivity contribution in [2.45, 2.75) is 58.0 Å². The van der Waals surface area contributed by atoms with Crippen molar-refractivity contribution < 1.29 is 9.59 Å². The third-order valence-corrected chi connectivity index (χ3v) is 8.12. The van der Waals surface area contributed by atoms with Crippen molar-refractivity contribution in [2.75, 3.05) is 19.6 Å². The van der Waals surface area contributed by atoms with Crippen LogP contribution in [0.5, 0.6) is 0 Å². The number of benzene rings is 1. The molecule has 33 heavy (non-hydrogen) atoms. The molecule has 2 aliphatic rings. The van der Waals surface area contributed by atoms with Crippen LogP contribution in [0.3, 0.4) is 0 Å². The Balaban J connectivity index is 1.47. The van der Waals surface area contributed by atoms with Gasteiger partial charge in [-0.05, 0) is 87.5 Å². The van der Waals surface area contributed by atoms with Gasteiger partial charge in [-0.25, -0.2) is 4.79 Å². The van der Waals surface area contributed by atoms with E-state index in [-0.39, 0.29) is 24.4 Å². The molecular weight excluding hydrogens is 430 g/mol. The zero-order chi connectivity index (χ0) is 23.3. The van der Waals surface area contributed by atoms with Gasteiger partial charge in [0.05, 0.1) is 6.54 Å². The number of rotatable bonds is 8. The first-order chi connectivity index (χ1) is 16.0. The third kappa shape index (κ3) is 5.15. The second-order valence-electron chi connectivity index (χ2n) is 9.14. The monoisotopic (exact) mass is 463 g/mol. The Morgan fingerprint density at radius 1 is 1.15 bits per heavy atom. The molecule has 1 N–H and O–H groups in total. The molecule has 6 heteroatoms. The molecule has 0 bridgehead atoms. The van der Waals surface area contributed by atoms with Gasteiger partial charge < -0.3 is 5.32 Å². The van der Waals surface area contributed by atoms with Gasteiger partial charge >= 0.3 is 6.03 Å². The molecule has 1 aromatic heterocycles. The summed E-state index contributed by atoms with van der Waals surface area (Å²) in [6.45, 7) is 6.92. The highest BCUT2D eigenvalue weighted by Crippen LogP contribution is 2.38. The van der Waals surface area contributed by atoms with Gasteiger partial charge in [0.1, 0.15) is 5.54 Å². The minimum atomic E-state index is -0.813. The largest absolute Gasteiger partial charge is 0.325 e. The number of likely N-dealkylation sites (tertiary alicyclic amines) is 1. The van der Waals surface area contributed by atoms with Crippen LogP contribution in [0.1, 0.15) is 48.6 Å². The number of amides is 3. The molecule has 174 valence electrons. The fraction of sp³-hybridized carbons (Fsp3) is 0.481. The molecule has 0 spiro atoms. The Kier molecular flexibility index (Phi) is 7.52. The van der Waals surface area contributed by atoms with Crippen LogP contribution < -0.4 is 5.32 Å². The highest BCUT2D eigenvalue weighted by atomic mass is 32.1. The smallest absolute Gasteiger partial charge is 0.323 e. The van der Waals surface area contributed by atoms with E-state index in [1.165, 1.54) is 20.9 Å². The summed E-state index contributed by atoms with van der Waals surface area (Å²) < 4.78 is 0. The van der Waals surface area contributed by atoms with E-state index in [1.54, 1.807) is 6.92 Å². The number of piperidine rings is 1. The summed E-state index contributed by atoms with van der Waals surface area (Å²) in [5, 5.41) is 5.31. The maximum Gasteiger partial charge on any atom is 0.325 e. The number of urea groups is 1. The van der Waals surface area contributed by atoms with Crippen LogP contribution in [0.2, 0.25) is 0 Å². The summed E-state index contributed by atoms with van der Waals surface area (Å²) in [7, 11) is 0. The fourth-order valence-corrected chi connectivity index (χ4v) is 6.11. The van der Waals surface area contributed by atoms with Crippen molar-refractivity contribution in [3.8, 4) is 11.8 Å². The zero-order valence-corrected chi connectivity index (χ0v) is 20.4. The van der Waals surface area contributed by atoms with Crippen molar-refractivity contribution in [1.29, 1.82) is 0 Å². The molecule has 3 amide bonds. The molecule has 1 unspecified atom stereocenters. The van der Waals surface area contributed by atoms with Crippen LogP contribution in [0, 0.1) is 24.7 Å². The normalized spacial score (nSPS) is 21.7. The second kappa shape index (κ2) is 10.5. The molecular formula is C27H33N3O2S. The first kappa shape index (κ1) is 23.5. The van der Waals surface area contributed by atoms with Gasteiger partial charge in [-0.2, -0.15) is 0 Å². The minimum absolute atomic E-state index is 0.0872. The summed E-state index contributed by atoms with van der Waals surface area (Å²) in [5.41, 5.74) is 1.80. The molecule has 2 aromatic rings. The predicted molar refractivity (Wildman–Crippen MR) is 133 cm³/mol. The van der Waals surface area contributed by atoms with Crippen molar-refractivity contribution in [3.05, 3.63) is 57.8 Å². The summed E-state index contributed by atoms with van der Waals surface area (Å²) >= 11 is 1.81. The van der Waals surface area contributed by atoms with E-state index in [0.717, 1.165) is 45.3 Å². The molecule has 0 radical (unpaired) electrons. The average molecular weight is 464 g/mol. The van der Waals surface area contributed by atoms with Crippen LogP contribution in [0.4, 0.5) is 4.79 Å². The van der Waals surface area contributed by atoms with E-state index in [0.29, 0.717) is 6.42 Å². The van der Waals surface area contributed by atoms with Gasteiger partial charge in [-0.1, -0.05) is 36.3 Å². The summed E-state index contributed by atoms with van der Waals surface area (Å²) in [6, 6.07) is 12.2. The van der Waals surface area contributed by atoms with Crippen LogP contribution in [0.25, 0.3) is 0 Å². The van der Waals surface area contributed by atoms with Gasteiger partial charge in [-0.3, -0.25) is 14.6 Å². The van der Waals surface area contributed by atoms with Crippen molar-refractivity contribution >= 4 is 23.3 Å². The van der Waals surface area contributed by atoms with Crippen molar-refractivity contribution in [3.63, 3.8) is 0 Å². The fourth-order valence-electron chi connectivity index (χ4n) is 5.17. The summed E-state index contributed by atoms with van der Waals surface area (Å²) in [4.78, 5) is 31.7. The Hall–Kier alpha value is -2.62. The molecule has 2 fully saturated rings. The summed E-state index contributed by atoms with van der Waals surface area (Å²) in [6.07, 6.45) is 4.25. The van der Waals surface area contributed by atoms with E-state index in [1.807, 2.05) is 29.5 Å². The van der Waals surface area contributed by atoms with E-state index >= 15 is 0 Å². The van der Waals surface area contributed by atoms with Gasteiger partial charge in [0.2, 0.25) is 0 Å². The lowest BCUT2D eigenvalue weighted by molar-refractivity contribution is -0.134. The average Bonchev–Trinajstić information content (AvgIpc) is 3.34. The molecule has 1 atom stereocenters. The number of nitrogens with zero attached hydrogens (tertiary/aromatic N) is 2. The van der Waals surface area contributed by atoms with Gasteiger partial charge in [0.15, 0.2) is 0 Å². The molecule has 0 aliphatic carbocycles. The minimum Gasteiger partial charge on any atom is -0.323 e. The molecule has 2 saturated heterocycles. The van der Waals surface area contributed by atoms with Crippen LogP contribution in [-0.4, -0.2) is 46.9 Å². The van der Waals surface area contributed by atoms with Crippen molar-refractivity contribution in [2.24, 2.45) is 5.92 Å². The molecule has 2 aliphatic heterocycles. The molecule has 3 heterocycles. The third-order valence-electron chi connectivity index (χ3n) is 7.12. The number of carbonyl (C=O) groups is 2. The lowest BCUT2D eigenvalue weighted by atomic mass is 9.74. The highest BCUT2D eigenvalue weighted by Gasteiger charge is 2.55. The topological polar surface area (TPSA) is 52.7 Å². The number of nitrogens with one attached hydrogen (secondary N) is 1. The van der Waals surface area contributed by atoms with Gasteiger partial charge in [0, 0.05) is 11.4 Å². The quantitative estimate of drug-likeness (QED) is 0.460. The molecule has 4 rings (SSSR count). The first-order valence-electron chi connectivity index (χ1n) is 11.9. The number of aryl methyl sites for hydroxylation is 2.